The number of nitrogens with one attached hydrogen (secondary N) is 2. The standard InChI is InChI=1S/C18H34N4O.HI/c1-4-15(2)21-16(23)8-12-20-17(19-3)22-13-11-18(14-22)9-6-5-7-10-18;/h15H,4-14H2,1-3H3,(H,19,20)(H,21,23);1H. The summed E-state index contributed by atoms with van der Waals surface area (Å²) in [4.78, 5) is 18.6. The van der Waals surface area contributed by atoms with Gasteiger partial charge in [-0.1, -0.05) is 26.2 Å². The largest absolute Gasteiger partial charge is 0.356 e. The van der Waals surface area contributed by atoms with Crippen LogP contribution < -0.4 is 10.6 Å². The van der Waals surface area contributed by atoms with E-state index in [0.717, 1.165) is 25.5 Å². The first-order valence-corrected chi connectivity index (χ1v) is 9.33. The zero-order valence-corrected chi connectivity index (χ0v) is 17.9. The van der Waals surface area contributed by atoms with E-state index in [-0.39, 0.29) is 35.9 Å². The minimum atomic E-state index is 0. The van der Waals surface area contributed by atoms with E-state index >= 15 is 0 Å². The molecule has 2 aliphatic rings. The topological polar surface area (TPSA) is 56.7 Å². The lowest BCUT2D eigenvalue weighted by Gasteiger charge is -2.33. The Morgan fingerprint density at radius 3 is 2.58 bits per heavy atom. The summed E-state index contributed by atoms with van der Waals surface area (Å²) in [6, 6.07) is 0.256. The number of halogens is 1. The lowest BCUT2D eigenvalue weighted by atomic mass is 9.73. The highest BCUT2D eigenvalue weighted by atomic mass is 127. The molecule has 0 radical (unpaired) electrons. The third-order valence-corrected chi connectivity index (χ3v) is 5.52. The zero-order chi connectivity index (χ0) is 16.7. The number of hydrogen-bond donors (Lipinski definition) is 2. The number of carbonyl (C=O) groups excluding carboxylic acids is 1. The van der Waals surface area contributed by atoms with Gasteiger partial charge in [-0.05, 0) is 38.0 Å². The van der Waals surface area contributed by atoms with Crippen LogP contribution in [0.25, 0.3) is 0 Å². The summed E-state index contributed by atoms with van der Waals surface area (Å²) >= 11 is 0. The molecule has 1 atom stereocenters. The van der Waals surface area contributed by atoms with Gasteiger partial charge < -0.3 is 15.5 Å². The van der Waals surface area contributed by atoms with Crippen molar-refractivity contribution in [3.05, 3.63) is 0 Å². The average molecular weight is 450 g/mol. The van der Waals surface area contributed by atoms with Gasteiger partial charge in [0, 0.05) is 39.1 Å². The second kappa shape index (κ2) is 10.5. The van der Waals surface area contributed by atoms with Crippen LogP contribution in [0, 0.1) is 5.41 Å². The zero-order valence-electron chi connectivity index (χ0n) is 15.6. The third kappa shape index (κ3) is 6.08. The molecule has 1 amide bonds. The molecule has 0 aromatic heterocycles. The molecule has 0 aromatic carbocycles. The van der Waals surface area contributed by atoms with Gasteiger partial charge in [-0.3, -0.25) is 9.79 Å². The highest BCUT2D eigenvalue weighted by Gasteiger charge is 2.39. The van der Waals surface area contributed by atoms with E-state index < -0.39 is 0 Å². The number of likely N-dealkylation sites (tertiary alicyclic amines) is 1. The number of rotatable bonds is 5. The van der Waals surface area contributed by atoms with Gasteiger partial charge in [-0.25, -0.2) is 0 Å². The molecule has 5 nitrogen and oxygen atoms in total. The number of amides is 1. The maximum atomic E-state index is 11.8. The molecule has 1 unspecified atom stereocenters. The maximum Gasteiger partial charge on any atom is 0.221 e. The summed E-state index contributed by atoms with van der Waals surface area (Å²) < 4.78 is 0. The lowest BCUT2D eigenvalue weighted by Crippen LogP contribution is -2.43. The first-order chi connectivity index (χ1) is 11.1. The van der Waals surface area contributed by atoms with Gasteiger partial charge in [0.1, 0.15) is 0 Å². The summed E-state index contributed by atoms with van der Waals surface area (Å²) in [6.07, 6.45) is 9.68. The van der Waals surface area contributed by atoms with E-state index in [1.807, 2.05) is 14.0 Å². The van der Waals surface area contributed by atoms with Crippen molar-refractivity contribution < 1.29 is 4.79 Å². The van der Waals surface area contributed by atoms with E-state index in [4.69, 9.17) is 0 Å². The molecule has 1 saturated heterocycles. The van der Waals surface area contributed by atoms with Gasteiger partial charge in [0.05, 0.1) is 0 Å². The molecule has 1 aliphatic heterocycles. The predicted molar refractivity (Wildman–Crippen MR) is 111 cm³/mol. The van der Waals surface area contributed by atoms with E-state index in [0.29, 0.717) is 18.4 Å². The van der Waals surface area contributed by atoms with Gasteiger partial charge in [-0.2, -0.15) is 0 Å². The molecule has 0 bridgehead atoms. The number of nitrogens with zero attached hydrogens (tertiary/aromatic N) is 2. The van der Waals surface area contributed by atoms with Crippen LogP contribution in [0.2, 0.25) is 0 Å². The van der Waals surface area contributed by atoms with Crippen molar-refractivity contribution in [1.29, 1.82) is 0 Å². The van der Waals surface area contributed by atoms with Crippen molar-refractivity contribution in [2.75, 3.05) is 26.7 Å². The average Bonchev–Trinajstić information content (AvgIpc) is 2.95. The third-order valence-electron chi connectivity index (χ3n) is 5.52. The molecule has 2 fully saturated rings. The van der Waals surface area contributed by atoms with Crippen molar-refractivity contribution in [2.24, 2.45) is 10.4 Å². The van der Waals surface area contributed by atoms with Crippen LogP contribution in [-0.2, 0) is 4.79 Å². The molecule has 24 heavy (non-hydrogen) atoms. The fourth-order valence-electron chi connectivity index (χ4n) is 3.89. The van der Waals surface area contributed by atoms with Crippen molar-refractivity contribution in [2.45, 2.75) is 71.3 Å². The lowest BCUT2D eigenvalue weighted by molar-refractivity contribution is -0.121. The van der Waals surface area contributed by atoms with Crippen LogP contribution in [0.4, 0.5) is 0 Å². The normalized spacial score (nSPS) is 21.3. The molecule has 2 rings (SSSR count). The minimum Gasteiger partial charge on any atom is -0.356 e. The second-order valence-electron chi connectivity index (χ2n) is 7.33. The molecular weight excluding hydrogens is 415 g/mol. The maximum absolute atomic E-state index is 11.8. The van der Waals surface area contributed by atoms with Crippen molar-refractivity contribution >= 4 is 35.8 Å². The van der Waals surface area contributed by atoms with Gasteiger partial charge in [-0.15, -0.1) is 24.0 Å². The van der Waals surface area contributed by atoms with Crippen LogP contribution in [0.5, 0.6) is 0 Å². The van der Waals surface area contributed by atoms with E-state index in [2.05, 4.69) is 27.4 Å². The van der Waals surface area contributed by atoms with Crippen molar-refractivity contribution in [3.63, 3.8) is 0 Å². The molecular formula is C18H35IN4O. The Labute approximate surface area is 164 Å². The second-order valence-corrected chi connectivity index (χ2v) is 7.33. The Bertz CT molecular complexity index is 421. The van der Waals surface area contributed by atoms with E-state index in [1.165, 1.54) is 38.5 Å². The molecule has 1 aliphatic carbocycles. The Balaban J connectivity index is 0.00000288. The summed E-state index contributed by atoms with van der Waals surface area (Å²) in [5.41, 5.74) is 0.532. The fraction of sp³-hybridized carbons (Fsp3) is 0.889. The number of hydrogen-bond acceptors (Lipinski definition) is 2. The Morgan fingerprint density at radius 1 is 1.25 bits per heavy atom. The van der Waals surface area contributed by atoms with Crippen LogP contribution in [0.15, 0.2) is 4.99 Å². The minimum absolute atomic E-state index is 0. The Morgan fingerprint density at radius 2 is 1.96 bits per heavy atom. The van der Waals surface area contributed by atoms with Gasteiger partial charge in [0.2, 0.25) is 5.91 Å². The molecule has 140 valence electrons. The summed E-state index contributed by atoms with van der Waals surface area (Å²) in [5, 5.41) is 6.38. The predicted octanol–water partition coefficient (Wildman–Crippen LogP) is 3.14. The highest BCUT2D eigenvalue weighted by Crippen LogP contribution is 2.43. The quantitative estimate of drug-likeness (QED) is 0.385. The SMILES string of the molecule is CCC(C)NC(=O)CCNC(=NC)N1CCC2(CCCCC2)C1.I. The Hall–Kier alpha value is -0.530. The first-order valence-electron chi connectivity index (χ1n) is 9.33. The van der Waals surface area contributed by atoms with Crippen molar-refractivity contribution in [3.8, 4) is 0 Å². The number of carbonyl (C=O) groups is 1. The first kappa shape index (κ1) is 21.5. The van der Waals surface area contributed by atoms with Crippen LogP contribution >= 0.6 is 24.0 Å². The van der Waals surface area contributed by atoms with Crippen LogP contribution in [0.3, 0.4) is 0 Å². The van der Waals surface area contributed by atoms with E-state index in [1.54, 1.807) is 0 Å². The van der Waals surface area contributed by atoms with Crippen molar-refractivity contribution in [1.82, 2.24) is 15.5 Å². The number of aliphatic imine (C=N–C) groups is 1. The monoisotopic (exact) mass is 450 g/mol. The number of guanidine groups is 1. The molecule has 1 heterocycles. The van der Waals surface area contributed by atoms with Crippen LogP contribution in [-0.4, -0.2) is 49.5 Å². The van der Waals surface area contributed by atoms with Gasteiger partial charge >= 0.3 is 0 Å². The fourth-order valence-corrected chi connectivity index (χ4v) is 3.89. The molecule has 6 heteroatoms. The van der Waals surface area contributed by atoms with Crippen LogP contribution in [0.1, 0.15) is 65.2 Å². The summed E-state index contributed by atoms with van der Waals surface area (Å²) in [7, 11) is 1.84. The molecule has 1 saturated carbocycles. The molecule has 2 N–H and O–H groups in total. The molecule has 0 aromatic rings. The van der Waals surface area contributed by atoms with E-state index in [9.17, 15) is 4.79 Å². The smallest absolute Gasteiger partial charge is 0.221 e. The Kier molecular flexibility index (Phi) is 9.37. The highest BCUT2D eigenvalue weighted by molar-refractivity contribution is 14.0. The van der Waals surface area contributed by atoms with Gasteiger partial charge in [0.25, 0.3) is 0 Å². The van der Waals surface area contributed by atoms with Gasteiger partial charge in [0.15, 0.2) is 5.96 Å². The molecule has 1 spiro atoms. The summed E-state index contributed by atoms with van der Waals surface area (Å²) in [6.45, 7) is 7.00. The summed E-state index contributed by atoms with van der Waals surface area (Å²) in [5.74, 6) is 1.08.